The Labute approximate surface area is 116 Å². The second-order valence-electron chi connectivity index (χ2n) is 3.93. The van der Waals surface area contributed by atoms with E-state index in [0.717, 1.165) is 24.7 Å². The van der Waals surface area contributed by atoms with Gasteiger partial charge in [0.05, 0.1) is 0 Å². The average Bonchev–Trinajstić information content (AvgIpc) is 2.72. The van der Waals surface area contributed by atoms with Gasteiger partial charge in [0.15, 0.2) is 0 Å². The van der Waals surface area contributed by atoms with Crippen LogP contribution in [0.2, 0.25) is 0 Å². The lowest BCUT2D eigenvalue weighted by molar-refractivity contribution is 0.0661. The normalized spacial score (nSPS) is 11.7. The third-order valence-corrected chi connectivity index (χ3v) is 4.71. The predicted molar refractivity (Wildman–Crippen MR) is 73.2 cm³/mol. The van der Waals surface area contributed by atoms with Gasteiger partial charge in [0.25, 0.3) is 0 Å². The molecule has 0 amide bonds. The molecule has 6 nitrogen and oxygen atoms in total. The molecule has 0 unspecified atom stereocenters. The van der Waals surface area contributed by atoms with Gasteiger partial charge in [-0.15, -0.1) is 0 Å². The summed E-state index contributed by atoms with van der Waals surface area (Å²) in [5.74, 6) is -0.603. The number of nitrogens with one attached hydrogen (secondary N) is 1. The summed E-state index contributed by atoms with van der Waals surface area (Å²) < 4.78 is 31.2. The number of aromatic carboxylic acids is 1. The molecule has 8 heteroatoms. The Bertz CT molecular complexity index is 535. The van der Waals surface area contributed by atoms with Crippen molar-refractivity contribution in [1.29, 1.82) is 0 Å². The van der Waals surface area contributed by atoms with Crippen LogP contribution in [0.25, 0.3) is 0 Å². The van der Waals surface area contributed by atoms with E-state index in [4.69, 9.17) is 9.52 Å². The number of sulfonamides is 1. The van der Waals surface area contributed by atoms with E-state index in [-0.39, 0.29) is 16.4 Å². The number of hydrogen-bond acceptors (Lipinski definition) is 5. The first-order valence-corrected chi connectivity index (χ1v) is 8.58. The fourth-order valence-electron chi connectivity index (χ4n) is 1.49. The van der Waals surface area contributed by atoms with Crippen molar-refractivity contribution in [2.45, 2.75) is 24.7 Å². The Balaban J connectivity index is 2.69. The van der Waals surface area contributed by atoms with Gasteiger partial charge in [0, 0.05) is 12.6 Å². The van der Waals surface area contributed by atoms with Crippen molar-refractivity contribution in [3.63, 3.8) is 0 Å². The van der Waals surface area contributed by atoms with Crippen molar-refractivity contribution in [3.05, 3.63) is 17.6 Å². The maximum absolute atomic E-state index is 12.0. The first kappa shape index (κ1) is 16.1. The number of aryl methyl sites for hydroxylation is 1. The standard InChI is InChI=1S/C11H17NO5S2/c1-8-10(7-9(17-8)11(13)14)19(15,16)12-5-3-4-6-18-2/h7,12H,3-6H2,1-2H3,(H,13,14). The Morgan fingerprint density at radius 3 is 2.68 bits per heavy atom. The number of carbonyl (C=O) groups is 1. The van der Waals surface area contributed by atoms with Gasteiger partial charge in [-0.1, -0.05) is 0 Å². The van der Waals surface area contributed by atoms with Crippen molar-refractivity contribution < 1.29 is 22.7 Å². The van der Waals surface area contributed by atoms with Gasteiger partial charge in [0.2, 0.25) is 15.8 Å². The molecule has 0 saturated heterocycles. The van der Waals surface area contributed by atoms with Gasteiger partial charge >= 0.3 is 5.97 Å². The zero-order valence-electron chi connectivity index (χ0n) is 10.8. The van der Waals surface area contributed by atoms with Crippen LogP contribution in [0.15, 0.2) is 15.4 Å². The summed E-state index contributed by atoms with van der Waals surface area (Å²) in [5, 5.41) is 8.75. The van der Waals surface area contributed by atoms with E-state index in [2.05, 4.69) is 4.72 Å². The first-order chi connectivity index (χ1) is 8.88. The van der Waals surface area contributed by atoms with Gasteiger partial charge in [-0.05, 0) is 31.8 Å². The number of carboxylic acid groups (broad SMARTS) is 1. The minimum Gasteiger partial charge on any atom is -0.475 e. The highest BCUT2D eigenvalue weighted by atomic mass is 32.2. The molecule has 1 aromatic heterocycles. The number of rotatable bonds is 8. The van der Waals surface area contributed by atoms with Crippen LogP contribution in [0.5, 0.6) is 0 Å². The molecule has 0 radical (unpaired) electrons. The fourth-order valence-corrected chi connectivity index (χ4v) is 3.24. The maximum atomic E-state index is 12.0. The van der Waals surface area contributed by atoms with Crippen molar-refractivity contribution in [2.75, 3.05) is 18.6 Å². The molecule has 1 heterocycles. The topological polar surface area (TPSA) is 96.6 Å². The molecule has 108 valence electrons. The smallest absolute Gasteiger partial charge is 0.371 e. The molecule has 0 spiro atoms. The molecule has 2 N–H and O–H groups in total. The maximum Gasteiger partial charge on any atom is 0.371 e. The zero-order valence-corrected chi connectivity index (χ0v) is 12.4. The van der Waals surface area contributed by atoms with Crippen LogP contribution < -0.4 is 4.72 Å². The highest BCUT2D eigenvalue weighted by Crippen LogP contribution is 2.19. The van der Waals surface area contributed by atoms with Gasteiger partial charge < -0.3 is 9.52 Å². The van der Waals surface area contributed by atoms with Crippen molar-refractivity contribution >= 4 is 27.8 Å². The van der Waals surface area contributed by atoms with E-state index in [9.17, 15) is 13.2 Å². The lowest BCUT2D eigenvalue weighted by atomic mass is 10.3. The molecule has 0 aromatic carbocycles. The van der Waals surface area contributed by atoms with E-state index in [1.165, 1.54) is 6.92 Å². The van der Waals surface area contributed by atoms with Crippen molar-refractivity contribution in [3.8, 4) is 0 Å². The Morgan fingerprint density at radius 1 is 1.47 bits per heavy atom. The molecule has 0 aliphatic carbocycles. The third-order valence-electron chi connectivity index (χ3n) is 2.44. The number of unbranched alkanes of at least 4 members (excludes halogenated alkanes) is 1. The molecule has 0 bridgehead atoms. The first-order valence-electron chi connectivity index (χ1n) is 5.71. The lowest BCUT2D eigenvalue weighted by Gasteiger charge is -2.04. The number of carboxylic acids is 1. The average molecular weight is 307 g/mol. The largest absolute Gasteiger partial charge is 0.475 e. The lowest BCUT2D eigenvalue weighted by Crippen LogP contribution is -2.25. The van der Waals surface area contributed by atoms with E-state index < -0.39 is 16.0 Å². The molecule has 1 rings (SSSR count). The van der Waals surface area contributed by atoms with E-state index >= 15 is 0 Å². The van der Waals surface area contributed by atoms with Crippen LogP contribution in [0.4, 0.5) is 0 Å². The van der Waals surface area contributed by atoms with E-state index in [1.54, 1.807) is 11.8 Å². The number of hydrogen-bond donors (Lipinski definition) is 2. The van der Waals surface area contributed by atoms with Crippen LogP contribution in [-0.4, -0.2) is 38.0 Å². The fraction of sp³-hybridized carbons (Fsp3) is 0.545. The van der Waals surface area contributed by atoms with Crippen LogP contribution in [0, 0.1) is 6.92 Å². The quantitative estimate of drug-likeness (QED) is 0.710. The Morgan fingerprint density at radius 2 is 2.16 bits per heavy atom. The highest BCUT2D eigenvalue weighted by Gasteiger charge is 2.23. The van der Waals surface area contributed by atoms with Crippen LogP contribution in [-0.2, 0) is 10.0 Å². The second kappa shape index (κ2) is 6.97. The highest BCUT2D eigenvalue weighted by molar-refractivity contribution is 7.98. The molecule has 0 fully saturated rings. The molecule has 19 heavy (non-hydrogen) atoms. The summed E-state index contributed by atoms with van der Waals surface area (Å²) in [4.78, 5) is 10.6. The SMILES string of the molecule is CSCCCCNS(=O)(=O)c1cc(C(=O)O)oc1C. The number of furan rings is 1. The van der Waals surface area contributed by atoms with Gasteiger partial charge in [-0.2, -0.15) is 11.8 Å². The van der Waals surface area contributed by atoms with Crippen molar-refractivity contribution in [2.24, 2.45) is 0 Å². The Hall–Kier alpha value is -0.990. The minimum atomic E-state index is -3.70. The van der Waals surface area contributed by atoms with Crippen molar-refractivity contribution in [1.82, 2.24) is 4.72 Å². The molecule has 0 saturated carbocycles. The minimum absolute atomic E-state index is 0.0778. The van der Waals surface area contributed by atoms with Crippen LogP contribution in [0.3, 0.4) is 0 Å². The summed E-state index contributed by atoms with van der Waals surface area (Å²) in [6.45, 7) is 1.75. The van der Waals surface area contributed by atoms with Gasteiger partial charge in [-0.3, -0.25) is 0 Å². The summed E-state index contributed by atoms with van der Waals surface area (Å²) in [6, 6.07) is 1.03. The molecule has 0 aliphatic heterocycles. The molecular formula is C11H17NO5S2. The molecule has 1 aromatic rings. The monoisotopic (exact) mass is 307 g/mol. The summed E-state index contributed by atoms with van der Waals surface area (Å²) in [6.07, 6.45) is 3.66. The predicted octanol–water partition coefficient (Wildman–Crippen LogP) is 1.71. The summed E-state index contributed by atoms with van der Waals surface area (Å²) in [5.41, 5.74) is 0. The third kappa shape index (κ3) is 4.55. The summed E-state index contributed by atoms with van der Waals surface area (Å²) >= 11 is 1.71. The zero-order chi connectivity index (χ0) is 14.5. The second-order valence-corrected chi connectivity index (χ2v) is 6.65. The summed E-state index contributed by atoms with van der Waals surface area (Å²) in [7, 11) is -3.70. The van der Waals surface area contributed by atoms with Crippen LogP contribution >= 0.6 is 11.8 Å². The molecular weight excluding hydrogens is 290 g/mol. The van der Waals surface area contributed by atoms with Gasteiger partial charge in [-0.25, -0.2) is 17.9 Å². The molecule has 0 atom stereocenters. The molecule has 0 aliphatic rings. The van der Waals surface area contributed by atoms with Crippen LogP contribution in [0.1, 0.15) is 29.2 Å². The van der Waals surface area contributed by atoms with E-state index in [0.29, 0.717) is 6.54 Å². The van der Waals surface area contributed by atoms with E-state index in [1.807, 2.05) is 6.26 Å². The van der Waals surface area contributed by atoms with Gasteiger partial charge in [0.1, 0.15) is 10.7 Å². The number of thioether (sulfide) groups is 1. The Kier molecular flexibility index (Phi) is 5.89.